The third kappa shape index (κ3) is 17.4. The molecule has 0 radical (unpaired) electrons. The molecule has 3 nitrogen and oxygen atoms in total. The lowest BCUT2D eigenvalue weighted by Crippen LogP contribution is -2.21. The maximum absolute atomic E-state index is 10.2. The molecule has 0 aliphatic rings. The van der Waals surface area contributed by atoms with Gasteiger partial charge in [-0.05, 0) is 25.8 Å². The maximum Gasteiger partial charge on any atom is 0.0414 e. The fourth-order valence-corrected chi connectivity index (χ4v) is 2.36. The van der Waals surface area contributed by atoms with Crippen LogP contribution in [0.4, 0.5) is 0 Å². The molecule has 0 aromatic carbocycles. The van der Waals surface area contributed by atoms with E-state index in [1.54, 1.807) is 0 Å². The van der Waals surface area contributed by atoms with E-state index in [1.807, 2.05) is 0 Å². The molecule has 0 bridgehead atoms. The molecular weight excluding hydrogens is 238 g/mol. The van der Waals surface area contributed by atoms with E-state index >= 15 is 0 Å². The zero-order valence-electron chi connectivity index (χ0n) is 12.5. The zero-order valence-corrected chi connectivity index (χ0v) is 12.5. The molecule has 0 aliphatic heterocycles. The van der Waals surface area contributed by atoms with E-state index in [4.69, 9.17) is 5.73 Å². The number of carbonyl (C=O) groups excluding carboxylic acids is 1. The van der Waals surface area contributed by atoms with Crippen molar-refractivity contribution in [2.24, 2.45) is 5.73 Å². The van der Waals surface area contributed by atoms with Crippen molar-refractivity contribution in [2.75, 3.05) is 6.54 Å². The average Bonchev–Trinajstić information content (AvgIpc) is 2.39. The number of rotatable bonds is 15. The Kier molecular flexibility index (Phi) is 15.0. The third-order valence-corrected chi connectivity index (χ3v) is 3.59. The van der Waals surface area contributed by atoms with Gasteiger partial charge < -0.3 is 15.6 Å². The summed E-state index contributed by atoms with van der Waals surface area (Å²) in [6, 6.07) is 0. The van der Waals surface area contributed by atoms with Gasteiger partial charge in [-0.3, -0.25) is 0 Å². The van der Waals surface area contributed by atoms with Crippen LogP contribution in [0, 0.1) is 0 Å². The van der Waals surface area contributed by atoms with Crippen LogP contribution >= 0.6 is 0 Å². The number of carbonyl (C=O) groups is 1. The first-order chi connectivity index (χ1) is 9.27. The summed E-state index contributed by atoms with van der Waals surface area (Å²) in [6.45, 7) is 0.836. The predicted octanol–water partition coefficient (Wildman–Crippen LogP) is 3.16. The van der Waals surface area contributed by atoms with Crippen molar-refractivity contribution in [1.29, 1.82) is 0 Å². The van der Waals surface area contributed by atoms with Crippen LogP contribution in [0.3, 0.4) is 0 Å². The Balaban J connectivity index is 2.93. The van der Waals surface area contributed by atoms with Crippen LogP contribution < -0.4 is 10.8 Å². The van der Waals surface area contributed by atoms with Crippen molar-refractivity contribution >= 4 is 5.97 Å². The van der Waals surface area contributed by atoms with Crippen molar-refractivity contribution in [2.45, 2.75) is 89.9 Å². The molecule has 0 spiro atoms. The molecule has 0 aliphatic carbocycles. The molecule has 2 N–H and O–H groups in total. The largest absolute Gasteiger partial charge is 0.550 e. The van der Waals surface area contributed by atoms with Crippen LogP contribution in [0.2, 0.25) is 0 Å². The second-order valence-corrected chi connectivity index (χ2v) is 5.51. The highest BCUT2D eigenvalue weighted by Crippen LogP contribution is 2.12. The second-order valence-electron chi connectivity index (χ2n) is 5.51. The molecule has 0 unspecified atom stereocenters. The molecule has 0 fully saturated rings. The van der Waals surface area contributed by atoms with E-state index in [1.165, 1.54) is 70.6 Å². The number of nitrogens with two attached hydrogens (primary N) is 1. The van der Waals surface area contributed by atoms with Gasteiger partial charge in [0.15, 0.2) is 0 Å². The third-order valence-electron chi connectivity index (χ3n) is 3.59. The number of carboxylic acid groups (broad SMARTS) is 1. The molecule has 0 heterocycles. The Morgan fingerprint density at radius 2 is 0.947 bits per heavy atom. The Labute approximate surface area is 119 Å². The first-order valence-electron chi connectivity index (χ1n) is 8.17. The molecule has 0 atom stereocenters. The van der Waals surface area contributed by atoms with Crippen LogP contribution in [-0.4, -0.2) is 12.5 Å². The highest BCUT2D eigenvalue weighted by Gasteiger charge is 1.94. The Bertz CT molecular complexity index is 195. The standard InChI is InChI=1S/C16H33NO2/c17-15-13-11-9-7-5-3-1-2-4-6-8-10-12-14-16(18)19/h1-15,17H2,(H,18,19)/p-1. The maximum atomic E-state index is 10.2. The van der Waals surface area contributed by atoms with Gasteiger partial charge in [-0.25, -0.2) is 0 Å². The van der Waals surface area contributed by atoms with Crippen molar-refractivity contribution in [3.63, 3.8) is 0 Å². The molecule has 0 rings (SSSR count). The zero-order chi connectivity index (χ0) is 14.2. The number of hydrogen-bond acceptors (Lipinski definition) is 3. The smallest absolute Gasteiger partial charge is 0.0414 e. The van der Waals surface area contributed by atoms with E-state index in [2.05, 4.69) is 0 Å². The topological polar surface area (TPSA) is 66.2 Å². The summed E-state index contributed by atoms with van der Waals surface area (Å²) in [5.74, 6) is -0.911. The highest BCUT2D eigenvalue weighted by atomic mass is 16.4. The predicted molar refractivity (Wildman–Crippen MR) is 78.7 cm³/mol. The summed E-state index contributed by atoms with van der Waals surface area (Å²) in [5, 5.41) is 10.2. The first kappa shape index (κ1) is 18.4. The van der Waals surface area contributed by atoms with Crippen molar-refractivity contribution in [1.82, 2.24) is 0 Å². The van der Waals surface area contributed by atoms with Gasteiger partial charge in [0, 0.05) is 5.97 Å². The lowest BCUT2D eigenvalue weighted by molar-refractivity contribution is -0.305. The van der Waals surface area contributed by atoms with Crippen LogP contribution in [-0.2, 0) is 4.79 Å². The summed E-state index contributed by atoms with van der Waals surface area (Å²) < 4.78 is 0. The number of carboxylic acids is 1. The SMILES string of the molecule is NCCCCCCCCCCCCCCCC(=O)[O-]. The van der Waals surface area contributed by atoms with Crippen LogP contribution in [0.5, 0.6) is 0 Å². The minimum Gasteiger partial charge on any atom is -0.550 e. The number of aliphatic carboxylic acids is 1. The lowest BCUT2D eigenvalue weighted by atomic mass is 10.0. The van der Waals surface area contributed by atoms with E-state index < -0.39 is 5.97 Å². The highest BCUT2D eigenvalue weighted by molar-refractivity contribution is 5.63. The van der Waals surface area contributed by atoms with Crippen LogP contribution in [0.1, 0.15) is 89.9 Å². The van der Waals surface area contributed by atoms with Gasteiger partial charge in [-0.15, -0.1) is 0 Å². The van der Waals surface area contributed by atoms with Crippen LogP contribution in [0.25, 0.3) is 0 Å². The summed E-state index contributed by atoms with van der Waals surface area (Å²) in [7, 11) is 0. The first-order valence-corrected chi connectivity index (χ1v) is 8.17. The Morgan fingerprint density at radius 1 is 0.632 bits per heavy atom. The summed E-state index contributed by atoms with van der Waals surface area (Å²) >= 11 is 0. The molecule has 0 aromatic heterocycles. The molecular formula is C16H32NO2-. The van der Waals surface area contributed by atoms with Gasteiger partial charge in [-0.1, -0.05) is 70.6 Å². The van der Waals surface area contributed by atoms with Crippen molar-refractivity contribution in [3.8, 4) is 0 Å². The van der Waals surface area contributed by atoms with Gasteiger partial charge in [0.2, 0.25) is 0 Å². The minimum atomic E-state index is -0.911. The summed E-state index contributed by atoms with van der Waals surface area (Å²) in [4.78, 5) is 10.2. The Hall–Kier alpha value is -0.570. The minimum absolute atomic E-state index is 0.226. The second kappa shape index (κ2) is 15.5. The van der Waals surface area contributed by atoms with Gasteiger partial charge in [0.1, 0.15) is 0 Å². The normalized spacial score (nSPS) is 10.8. The number of hydrogen-bond donors (Lipinski definition) is 1. The van der Waals surface area contributed by atoms with Crippen LogP contribution in [0.15, 0.2) is 0 Å². The molecule has 0 saturated carbocycles. The molecule has 19 heavy (non-hydrogen) atoms. The molecule has 3 heteroatoms. The van der Waals surface area contributed by atoms with E-state index in [9.17, 15) is 9.90 Å². The molecule has 0 saturated heterocycles. The van der Waals surface area contributed by atoms with Crippen molar-refractivity contribution in [3.05, 3.63) is 0 Å². The van der Waals surface area contributed by atoms with E-state index in [0.717, 1.165) is 19.4 Å². The van der Waals surface area contributed by atoms with Gasteiger partial charge in [-0.2, -0.15) is 0 Å². The fourth-order valence-electron chi connectivity index (χ4n) is 2.36. The van der Waals surface area contributed by atoms with E-state index in [-0.39, 0.29) is 6.42 Å². The summed E-state index contributed by atoms with van der Waals surface area (Å²) in [6.07, 6.45) is 16.4. The molecule has 114 valence electrons. The quantitative estimate of drug-likeness (QED) is 0.465. The average molecular weight is 270 g/mol. The summed E-state index contributed by atoms with van der Waals surface area (Å²) in [5.41, 5.74) is 5.45. The lowest BCUT2D eigenvalue weighted by Gasteiger charge is -2.03. The molecule has 0 amide bonds. The Morgan fingerprint density at radius 3 is 1.26 bits per heavy atom. The molecule has 0 aromatic rings. The van der Waals surface area contributed by atoms with Gasteiger partial charge in [0.05, 0.1) is 0 Å². The van der Waals surface area contributed by atoms with E-state index in [0.29, 0.717) is 0 Å². The van der Waals surface area contributed by atoms with Gasteiger partial charge >= 0.3 is 0 Å². The van der Waals surface area contributed by atoms with Gasteiger partial charge in [0.25, 0.3) is 0 Å². The number of unbranched alkanes of at least 4 members (excludes halogenated alkanes) is 12. The monoisotopic (exact) mass is 270 g/mol. The fraction of sp³-hybridized carbons (Fsp3) is 0.938. The van der Waals surface area contributed by atoms with Crippen molar-refractivity contribution < 1.29 is 9.90 Å².